The van der Waals surface area contributed by atoms with Crippen molar-refractivity contribution in [2.24, 2.45) is 0 Å². The number of thioether (sulfide) groups is 1. The number of carboxylic acid groups (broad SMARTS) is 2. The van der Waals surface area contributed by atoms with Gasteiger partial charge in [0.15, 0.2) is 5.70 Å². The summed E-state index contributed by atoms with van der Waals surface area (Å²) in [7, 11) is 1.20. The Balaban J connectivity index is 1.70. The Bertz CT molecular complexity index is 1130. The molecular formula is C23H24N2O10S. The molecule has 0 aliphatic carbocycles. The zero-order valence-electron chi connectivity index (χ0n) is 19.1. The van der Waals surface area contributed by atoms with Crippen LogP contribution >= 0.6 is 11.8 Å². The fraction of sp³-hybridized carbons (Fsp3) is 0.348. The van der Waals surface area contributed by atoms with Crippen molar-refractivity contribution in [3.63, 3.8) is 0 Å². The first-order chi connectivity index (χ1) is 17.1. The number of ether oxygens (including phenoxy) is 2. The van der Waals surface area contributed by atoms with Crippen molar-refractivity contribution in [2.75, 3.05) is 12.9 Å². The molecule has 36 heavy (non-hydrogen) atoms. The van der Waals surface area contributed by atoms with E-state index in [9.17, 15) is 34.2 Å². The maximum absolute atomic E-state index is 13.0. The van der Waals surface area contributed by atoms with Gasteiger partial charge in [0, 0.05) is 26.0 Å². The van der Waals surface area contributed by atoms with Crippen LogP contribution in [0.2, 0.25) is 0 Å². The topological polar surface area (TPSA) is 180 Å². The summed E-state index contributed by atoms with van der Waals surface area (Å²) in [5.41, 5.74) is -1.74. The molecule has 192 valence electrons. The minimum Gasteiger partial charge on any atom is -0.508 e. The van der Waals surface area contributed by atoms with Gasteiger partial charge < -0.3 is 30.1 Å². The highest BCUT2D eigenvalue weighted by atomic mass is 32.2. The standard InChI is InChI=1S/C23H24N2O10S/c1-34-23(24-16(27)4-2-3-5-17(28)29)21(33)25-19(20(31)32)15(12-36-22(23)25)35-18(30)11-8-13-6-9-14(26)10-7-13/h6-11,22,26H,2-5,12H2,1H3,(H,24,27)(H,28,29)(H,31,32)/b11-8+/t22?,23-/m0/s1. The molecule has 3 rings (SSSR count). The Hall–Kier alpha value is -3.84. The SMILES string of the molecule is CO[C@@]1(NC(=O)CCCCC(=O)O)C(=O)N2C(C(=O)O)=C(OC(=O)/C=C/c3ccc(O)cc3)CSC21. The number of β-lactam (4-membered cyclic amide) rings is 1. The third-order valence-corrected chi connectivity index (χ3v) is 6.71. The lowest BCUT2D eigenvalue weighted by Crippen LogP contribution is -2.80. The second-order valence-electron chi connectivity index (χ2n) is 7.85. The van der Waals surface area contributed by atoms with Crippen molar-refractivity contribution >= 4 is 47.6 Å². The van der Waals surface area contributed by atoms with Gasteiger partial charge in [-0.2, -0.15) is 0 Å². The number of aliphatic carboxylic acids is 2. The predicted octanol–water partition coefficient (Wildman–Crippen LogP) is 1.26. The molecule has 1 aromatic rings. The number of esters is 1. The third kappa shape index (κ3) is 5.69. The van der Waals surface area contributed by atoms with Crippen molar-refractivity contribution < 1.29 is 48.8 Å². The molecule has 0 aromatic heterocycles. The van der Waals surface area contributed by atoms with Crippen molar-refractivity contribution in [3.8, 4) is 5.75 Å². The predicted molar refractivity (Wildman–Crippen MR) is 125 cm³/mol. The molecule has 2 atom stereocenters. The molecule has 13 heteroatoms. The normalized spacial score (nSPS) is 21.1. The fourth-order valence-electron chi connectivity index (χ4n) is 3.67. The average molecular weight is 521 g/mol. The van der Waals surface area contributed by atoms with E-state index in [1.54, 1.807) is 12.1 Å². The van der Waals surface area contributed by atoms with Crippen molar-refractivity contribution in [3.05, 3.63) is 47.4 Å². The highest BCUT2D eigenvalue weighted by molar-refractivity contribution is 8.00. The Labute approximate surface area is 209 Å². The summed E-state index contributed by atoms with van der Waals surface area (Å²) in [4.78, 5) is 61.1. The molecule has 1 saturated heterocycles. The number of aromatic hydroxyl groups is 1. The number of methoxy groups -OCH3 is 1. The van der Waals surface area contributed by atoms with Crippen LogP contribution in [-0.2, 0) is 33.4 Å². The second-order valence-corrected chi connectivity index (χ2v) is 8.92. The van der Waals surface area contributed by atoms with Crippen molar-refractivity contribution in [1.29, 1.82) is 0 Å². The molecule has 2 aliphatic heterocycles. The number of carbonyl (C=O) groups excluding carboxylic acids is 3. The lowest BCUT2D eigenvalue weighted by molar-refractivity contribution is -0.193. The smallest absolute Gasteiger partial charge is 0.356 e. The molecule has 0 saturated carbocycles. The summed E-state index contributed by atoms with van der Waals surface area (Å²) in [5, 5.41) is 29.3. The first-order valence-electron chi connectivity index (χ1n) is 10.8. The van der Waals surface area contributed by atoms with E-state index in [-0.39, 0.29) is 42.9 Å². The monoisotopic (exact) mass is 520 g/mol. The summed E-state index contributed by atoms with van der Waals surface area (Å²) in [6.07, 6.45) is 2.93. The number of nitrogens with zero attached hydrogens (tertiary/aromatic N) is 1. The number of hydrogen-bond acceptors (Lipinski definition) is 9. The van der Waals surface area contributed by atoms with Crippen LogP contribution in [0.3, 0.4) is 0 Å². The second kappa shape index (κ2) is 11.3. The quantitative estimate of drug-likeness (QED) is 0.108. The number of amides is 2. The van der Waals surface area contributed by atoms with Crippen LogP contribution in [0.4, 0.5) is 0 Å². The van der Waals surface area contributed by atoms with Crippen LogP contribution in [0.15, 0.2) is 41.8 Å². The van der Waals surface area contributed by atoms with E-state index in [2.05, 4.69) is 5.32 Å². The van der Waals surface area contributed by atoms with Gasteiger partial charge in [0.05, 0.1) is 5.75 Å². The van der Waals surface area contributed by atoms with Gasteiger partial charge in [0.1, 0.15) is 16.9 Å². The summed E-state index contributed by atoms with van der Waals surface area (Å²) in [6, 6.07) is 5.98. The molecule has 2 amide bonds. The molecule has 2 aliphatic rings. The van der Waals surface area contributed by atoms with Crippen LogP contribution in [0, 0.1) is 0 Å². The number of phenolic OH excluding ortho intramolecular Hbond substituents is 1. The number of nitrogens with one attached hydrogen (secondary N) is 1. The first-order valence-corrected chi connectivity index (χ1v) is 11.8. The van der Waals surface area contributed by atoms with Gasteiger partial charge in [-0.15, -0.1) is 11.8 Å². The van der Waals surface area contributed by atoms with Gasteiger partial charge in [0.2, 0.25) is 5.91 Å². The number of phenols is 1. The maximum atomic E-state index is 13.0. The van der Waals surface area contributed by atoms with Crippen LogP contribution in [-0.4, -0.2) is 73.9 Å². The van der Waals surface area contributed by atoms with Gasteiger partial charge in [-0.25, -0.2) is 9.59 Å². The Morgan fingerprint density at radius 1 is 1.17 bits per heavy atom. The van der Waals surface area contributed by atoms with Crippen LogP contribution in [0.25, 0.3) is 6.08 Å². The van der Waals surface area contributed by atoms with E-state index in [1.165, 1.54) is 25.3 Å². The minimum absolute atomic E-state index is 0.0408. The van der Waals surface area contributed by atoms with Gasteiger partial charge in [-0.3, -0.25) is 19.3 Å². The van der Waals surface area contributed by atoms with E-state index in [0.29, 0.717) is 5.56 Å². The number of carboxylic acids is 2. The number of rotatable bonds is 11. The zero-order valence-corrected chi connectivity index (χ0v) is 19.9. The highest BCUT2D eigenvalue weighted by Gasteiger charge is 2.67. The molecule has 2 heterocycles. The molecule has 12 nitrogen and oxygen atoms in total. The van der Waals surface area contributed by atoms with Gasteiger partial charge >= 0.3 is 17.9 Å². The average Bonchev–Trinajstić information content (AvgIpc) is 2.84. The molecule has 1 aromatic carbocycles. The van der Waals surface area contributed by atoms with Crippen LogP contribution in [0.5, 0.6) is 5.75 Å². The molecule has 1 unspecified atom stereocenters. The van der Waals surface area contributed by atoms with Gasteiger partial charge in [0.25, 0.3) is 11.6 Å². The lowest BCUT2D eigenvalue weighted by Gasteiger charge is -2.55. The number of benzene rings is 1. The first kappa shape index (κ1) is 26.8. The lowest BCUT2D eigenvalue weighted by atomic mass is 9.99. The van der Waals surface area contributed by atoms with Gasteiger partial charge in [-0.05, 0) is 36.6 Å². The molecule has 0 bridgehead atoms. The van der Waals surface area contributed by atoms with E-state index in [1.807, 2.05) is 0 Å². The van der Waals surface area contributed by atoms with Gasteiger partial charge in [-0.1, -0.05) is 12.1 Å². The number of unbranched alkanes of at least 4 members (excludes halogenated alkanes) is 1. The molecular weight excluding hydrogens is 496 g/mol. The number of carbonyl (C=O) groups is 5. The minimum atomic E-state index is -1.80. The summed E-state index contributed by atoms with van der Waals surface area (Å²) < 4.78 is 10.5. The molecule has 4 N–H and O–H groups in total. The van der Waals surface area contributed by atoms with E-state index < -0.39 is 46.5 Å². The molecule has 0 spiro atoms. The highest BCUT2D eigenvalue weighted by Crippen LogP contribution is 2.46. The van der Waals surface area contributed by atoms with Crippen LogP contribution < -0.4 is 5.32 Å². The van der Waals surface area contributed by atoms with Crippen molar-refractivity contribution in [2.45, 2.75) is 36.8 Å². The summed E-state index contributed by atoms with van der Waals surface area (Å²) >= 11 is 1.05. The largest absolute Gasteiger partial charge is 0.508 e. The maximum Gasteiger partial charge on any atom is 0.356 e. The number of hydrogen-bond donors (Lipinski definition) is 4. The van der Waals surface area contributed by atoms with E-state index >= 15 is 0 Å². The third-order valence-electron chi connectivity index (χ3n) is 5.42. The molecule has 0 radical (unpaired) electrons. The van der Waals surface area contributed by atoms with Crippen molar-refractivity contribution in [1.82, 2.24) is 10.2 Å². The molecule has 1 fully saturated rings. The Kier molecular flexibility index (Phi) is 8.37. The van der Waals surface area contributed by atoms with Crippen LogP contribution in [0.1, 0.15) is 31.2 Å². The zero-order chi connectivity index (χ0) is 26.5. The van der Waals surface area contributed by atoms with E-state index in [4.69, 9.17) is 14.6 Å². The summed E-state index contributed by atoms with van der Waals surface area (Å²) in [6.45, 7) is 0. The summed E-state index contributed by atoms with van der Waals surface area (Å²) in [5.74, 6) is -5.00. The Morgan fingerprint density at radius 3 is 2.44 bits per heavy atom. The van der Waals surface area contributed by atoms with E-state index in [0.717, 1.165) is 22.7 Å². The number of fused-ring (bicyclic) bond motifs is 1. The fourth-order valence-corrected chi connectivity index (χ4v) is 5.01. The Morgan fingerprint density at radius 2 is 1.83 bits per heavy atom.